The Morgan fingerprint density at radius 3 is 2.69 bits per heavy atom. The molecular weight excluding hydrogens is 394 g/mol. The number of benzene rings is 2. The van der Waals surface area contributed by atoms with E-state index in [0.29, 0.717) is 48.9 Å². The van der Waals surface area contributed by atoms with Crippen molar-refractivity contribution in [3.8, 4) is 11.8 Å². The van der Waals surface area contributed by atoms with Gasteiger partial charge in [-0.15, -0.1) is 0 Å². The van der Waals surface area contributed by atoms with Crippen molar-refractivity contribution in [1.29, 1.82) is 5.26 Å². The minimum Gasteiger partial charge on any atom is -0.482 e. The molecule has 1 saturated heterocycles. The van der Waals surface area contributed by atoms with E-state index in [1.807, 2.05) is 6.07 Å². The average molecular weight is 415 g/mol. The number of aryl methyl sites for hydroxylation is 1. The van der Waals surface area contributed by atoms with Gasteiger partial charge in [0.15, 0.2) is 6.61 Å². The summed E-state index contributed by atoms with van der Waals surface area (Å²) < 4.78 is 37.9. The van der Waals surface area contributed by atoms with Crippen LogP contribution < -0.4 is 10.1 Å². The summed E-state index contributed by atoms with van der Waals surface area (Å²) in [6.45, 7) is 2.71. The van der Waals surface area contributed by atoms with Crippen molar-refractivity contribution >= 4 is 21.6 Å². The molecule has 1 amide bonds. The number of amides is 1. The van der Waals surface area contributed by atoms with Crippen molar-refractivity contribution in [2.75, 3.05) is 38.2 Å². The van der Waals surface area contributed by atoms with Crippen LogP contribution in [0.1, 0.15) is 11.1 Å². The lowest BCUT2D eigenvalue weighted by Crippen LogP contribution is -2.40. The fraction of sp³-hybridized carbons (Fsp3) is 0.300. The van der Waals surface area contributed by atoms with Gasteiger partial charge in [-0.3, -0.25) is 4.79 Å². The van der Waals surface area contributed by atoms with Gasteiger partial charge in [0.05, 0.1) is 23.7 Å². The van der Waals surface area contributed by atoms with Crippen LogP contribution in [0.2, 0.25) is 0 Å². The normalized spacial score (nSPS) is 14.8. The van der Waals surface area contributed by atoms with Crippen LogP contribution in [-0.4, -0.2) is 51.5 Å². The van der Waals surface area contributed by atoms with Crippen molar-refractivity contribution < 1.29 is 22.7 Å². The first-order chi connectivity index (χ1) is 13.9. The van der Waals surface area contributed by atoms with E-state index in [2.05, 4.69) is 5.32 Å². The standard InChI is InChI=1S/C20H21N3O5S/c1-15-6-7-17(12-19(15)29(25,26)23-8-10-27-11-9-23)22-20(24)14-28-18-5-3-2-4-16(18)13-21/h2-7,12H,8-11,14H2,1H3,(H,22,24). The van der Waals surface area contributed by atoms with Gasteiger partial charge in [-0.1, -0.05) is 18.2 Å². The molecule has 1 fully saturated rings. The van der Waals surface area contributed by atoms with Crippen molar-refractivity contribution in [2.45, 2.75) is 11.8 Å². The first-order valence-electron chi connectivity index (χ1n) is 9.02. The first kappa shape index (κ1) is 20.8. The van der Waals surface area contributed by atoms with E-state index in [0.717, 1.165) is 0 Å². The van der Waals surface area contributed by atoms with Crippen molar-refractivity contribution in [1.82, 2.24) is 4.31 Å². The molecule has 0 atom stereocenters. The molecule has 0 saturated carbocycles. The lowest BCUT2D eigenvalue weighted by atomic mass is 10.2. The predicted octanol–water partition coefficient (Wildman–Crippen LogP) is 1.91. The molecule has 152 valence electrons. The summed E-state index contributed by atoms with van der Waals surface area (Å²) in [5.41, 5.74) is 1.27. The minimum absolute atomic E-state index is 0.146. The number of carbonyl (C=O) groups excluding carboxylic acids is 1. The van der Waals surface area contributed by atoms with Crippen molar-refractivity contribution in [3.63, 3.8) is 0 Å². The number of nitrogens with one attached hydrogen (secondary N) is 1. The van der Waals surface area contributed by atoms with E-state index in [1.54, 1.807) is 43.3 Å². The van der Waals surface area contributed by atoms with Gasteiger partial charge in [0, 0.05) is 18.8 Å². The number of para-hydroxylation sites is 1. The molecule has 1 N–H and O–H groups in total. The maximum atomic E-state index is 12.9. The molecule has 1 heterocycles. The highest BCUT2D eigenvalue weighted by Gasteiger charge is 2.28. The van der Waals surface area contributed by atoms with Gasteiger partial charge < -0.3 is 14.8 Å². The largest absolute Gasteiger partial charge is 0.482 e. The van der Waals surface area contributed by atoms with Gasteiger partial charge >= 0.3 is 0 Å². The van der Waals surface area contributed by atoms with Crippen LogP contribution in [-0.2, 0) is 19.6 Å². The van der Waals surface area contributed by atoms with Gasteiger partial charge in [0.25, 0.3) is 5.91 Å². The zero-order valence-electron chi connectivity index (χ0n) is 15.9. The monoisotopic (exact) mass is 415 g/mol. The lowest BCUT2D eigenvalue weighted by molar-refractivity contribution is -0.118. The highest BCUT2D eigenvalue weighted by atomic mass is 32.2. The Kier molecular flexibility index (Phi) is 6.49. The van der Waals surface area contributed by atoms with Gasteiger partial charge in [-0.05, 0) is 36.8 Å². The van der Waals surface area contributed by atoms with Gasteiger partial charge in [-0.25, -0.2) is 8.42 Å². The third kappa shape index (κ3) is 4.92. The molecule has 29 heavy (non-hydrogen) atoms. The lowest BCUT2D eigenvalue weighted by Gasteiger charge is -2.26. The molecule has 1 aliphatic heterocycles. The number of carbonyl (C=O) groups is 1. The Labute approximate surface area is 169 Å². The maximum Gasteiger partial charge on any atom is 0.262 e. The van der Waals surface area contributed by atoms with Crippen LogP contribution in [0.5, 0.6) is 5.75 Å². The minimum atomic E-state index is -3.68. The summed E-state index contributed by atoms with van der Waals surface area (Å²) in [7, 11) is -3.68. The number of hydrogen-bond acceptors (Lipinski definition) is 6. The zero-order valence-corrected chi connectivity index (χ0v) is 16.7. The molecular formula is C20H21N3O5S. The van der Waals surface area contributed by atoms with E-state index in [4.69, 9.17) is 14.7 Å². The summed E-state index contributed by atoms with van der Waals surface area (Å²) in [6.07, 6.45) is 0. The number of nitriles is 1. The fourth-order valence-electron chi connectivity index (χ4n) is 2.91. The Morgan fingerprint density at radius 2 is 1.97 bits per heavy atom. The zero-order chi connectivity index (χ0) is 20.9. The Balaban J connectivity index is 1.71. The van der Waals surface area contributed by atoms with E-state index < -0.39 is 15.9 Å². The molecule has 0 aromatic heterocycles. The van der Waals surface area contributed by atoms with Crippen LogP contribution >= 0.6 is 0 Å². The third-order valence-electron chi connectivity index (χ3n) is 4.43. The summed E-state index contributed by atoms with van der Waals surface area (Å²) in [4.78, 5) is 12.4. The van der Waals surface area contributed by atoms with E-state index in [-0.39, 0.29) is 11.5 Å². The second-order valence-electron chi connectivity index (χ2n) is 6.44. The second kappa shape index (κ2) is 9.05. The van der Waals surface area contributed by atoms with Crippen LogP contribution in [0, 0.1) is 18.3 Å². The summed E-state index contributed by atoms with van der Waals surface area (Å²) in [6, 6.07) is 13.3. The molecule has 0 bridgehead atoms. The van der Waals surface area contributed by atoms with Crippen LogP contribution in [0.15, 0.2) is 47.4 Å². The molecule has 2 aromatic rings. The molecule has 0 spiro atoms. The second-order valence-corrected chi connectivity index (χ2v) is 8.35. The maximum absolute atomic E-state index is 12.9. The predicted molar refractivity (Wildman–Crippen MR) is 106 cm³/mol. The highest BCUT2D eigenvalue weighted by Crippen LogP contribution is 2.24. The number of anilines is 1. The summed E-state index contributed by atoms with van der Waals surface area (Å²) >= 11 is 0. The average Bonchev–Trinajstić information content (AvgIpc) is 2.74. The van der Waals surface area contributed by atoms with E-state index in [9.17, 15) is 13.2 Å². The number of hydrogen-bond donors (Lipinski definition) is 1. The molecule has 0 aliphatic carbocycles. The summed E-state index contributed by atoms with van der Waals surface area (Å²) in [5, 5.41) is 11.7. The molecule has 9 heteroatoms. The molecule has 2 aromatic carbocycles. The Bertz CT molecular complexity index is 1040. The van der Waals surface area contributed by atoms with Crippen LogP contribution in [0.4, 0.5) is 5.69 Å². The molecule has 8 nitrogen and oxygen atoms in total. The number of morpholine rings is 1. The van der Waals surface area contributed by atoms with E-state index >= 15 is 0 Å². The number of ether oxygens (including phenoxy) is 2. The molecule has 0 unspecified atom stereocenters. The molecule has 3 rings (SSSR count). The smallest absolute Gasteiger partial charge is 0.262 e. The van der Waals surface area contributed by atoms with Crippen LogP contribution in [0.3, 0.4) is 0 Å². The summed E-state index contributed by atoms with van der Waals surface area (Å²) in [5.74, 6) is -0.152. The Hall–Kier alpha value is -2.93. The van der Waals surface area contributed by atoms with Gasteiger partial charge in [0.2, 0.25) is 10.0 Å². The number of nitrogens with zero attached hydrogens (tertiary/aromatic N) is 2. The topological polar surface area (TPSA) is 109 Å². The van der Waals surface area contributed by atoms with Crippen LogP contribution in [0.25, 0.3) is 0 Å². The fourth-order valence-corrected chi connectivity index (χ4v) is 4.57. The quantitative estimate of drug-likeness (QED) is 0.772. The van der Waals surface area contributed by atoms with Crippen molar-refractivity contribution in [3.05, 3.63) is 53.6 Å². The molecule has 0 radical (unpaired) electrons. The SMILES string of the molecule is Cc1ccc(NC(=O)COc2ccccc2C#N)cc1S(=O)(=O)N1CCOCC1. The van der Waals surface area contributed by atoms with Crippen molar-refractivity contribution in [2.24, 2.45) is 0 Å². The highest BCUT2D eigenvalue weighted by molar-refractivity contribution is 7.89. The van der Waals surface area contributed by atoms with E-state index in [1.165, 1.54) is 10.4 Å². The third-order valence-corrected chi connectivity index (χ3v) is 6.47. The first-order valence-corrected chi connectivity index (χ1v) is 10.5. The Morgan fingerprint density at radius 1 is 1.24 bits per heavy atom. The number of rotatable bonds is 6. The molecule has 1 aliphatic rings. The number of sulfonamides is 1. The van der Waals surface area contributed by atoms with Gasteiger partial charge in [0.1, 0.15) is 11.8 Å². The van der Waals surface area contributed by atoms with Gasteiger partial charge in [-0.2, -0.15) is 9.57 Å².